The summed E-state index contributed by atoms with van der Waals surface area (Å²) in [7, 11) is 0. The highest BCUT2D eigenvalue weighted by molar-refractivity contribution is 5.94. The van der Waals surface area contributed by atoms with Gasteiger partial charge in [-0.3, -0.25) is 4.79 Å². The van der Waals surface area contributed by atoms with E-state index < -0.39 is 29.4 Å². The monoisotopic (exact) mass is 484 g/mol. The molecule has 2 heterocycles. The maximum absolute atomic E-state index is 13.3. The Hall–Kier alpha value is -2.55. The number of nitrogens with zero attached hydrogens (tertiary/aromatic N) is 2. The number of benzene rings is 2. The van der Waals surface area contributed by atoms with Gasteiger partial charge in [-0.15, -0.1) is 0 Å². The fraction of sp³-hybridized carbons (Fsp3) is 0.480. The van der Waals surface area contributed by atoms with E-state index in [1.165, 1.54) is 23.1 Å². The lowest BCUT2D eigenvalue weighted by molar-refractivity contribution is -0.138. The SMILES string of the molecule is O=C(c1cccc(C(F)(F)F)c1)N1C[C@@H](CN2CCCCC2)[C@H](c2cccc(C(F)(F)F)c2)C1. The van der Waals surface area contributed by atoms with Crippen LogP contribution >= 0.6 is 0 Å². The van der Waals surface area contributed by atoms with Crippen molar-refractivity contribution in [2.45, 2.75) is 37.5 Å². The molecule has 1 amide bonds. The number of carbonyl (C=O) groups excluding carboxylic acids is 1. The van der Waals surface area contributed by atoms with Crippen molar-refractivity contribution in [3.8, 4) is 0 Å². The van der Waals surface area contributed by atoms with Crippen molar-refractivity contribution >= 4 is 5.91 Å². The van der Waals surface area contributed by atoms with Gasteiger partial charge in [0, 0.05) is 31.1 Å². The van der Waals surface area contributed by atoms with E-state index in [0.717, 1.165) is 56.6 Å². The zero-order chi connectivity index (χ0) is 24.5. The number of likely N-dealkylation sites (tertiary alicyclic amines) is 2. The molecule has 2 saturated heterocycles. The fourth-order valence-electron chi connectivity index (χ4n) is 5.03. The first-order valence-corrected chi connectivity index (χ1v) is 11.4. The van der Waals surface area contributed by atoms with E-state index in [9.17, 15) is 31.1 Å². The van der Waals surface area contributed by atoms with Gasteiger partial charge < -0.3 is 9.80 Å². The number of alkyl halides is 6. The Morgan fingerprint density at radius 3 is 2.09 bits per heavy atom. The summed E-state index contributed by atoms with van der Waals surface area (Å²) in [6.45, 7) is 2.87. The summed E-state index contributed by atoms with van der Waals surface area (Å²) in [6.07, 6.45) is -5.82. The molecule has 0 spiro atoms. The highest BCUT2D eigenvalue weighted by Gasteiger charge is 2.39. The van der Waals surface area contributed by atoms with E-state index in [0.29, 0.717) is 12.1 Å². The van der Waals surface area contributed by atoms with E-state index in [4.69, 9.17) is 0 Å². The molecular formula is C25H26F6N2O. The van der Waals surface area contributed by atoms with Crippen LogP contribution < -0.4 is 0 Å². The van der Waals surface area contributed by atoms with Crippen LogP contribution in [-0.4, -0.2) is 48.4 Å². The van der Waals surface area contributed by atoms with Crippen molar-refractivity contribution in [3.63, 3.8) is 0 Å². The third-order valence-corrected chi connectivity index (χ3v) is 6.75. The molecule has 2 aliphatic rings. The molecule has 0 saturated carbocycles. The molecular weight excluding hydrogens is 458 g/mol. The van der Waals surface area contributed by atoms with Crippen LogP contribution in [0, 0.1) is 5.92 Å². The smallest absolute Gasteiger partial charge is 0.338 e. The molecule has 2 aromatic rings. The Morgan fingerprint density at radius 2 is 1.44 bits per heavy atom. The largest absolute Gasteiger partial charge is 0.416 e. The van der Waals surface area contributed by atoms with Gasteiger partial charge in [0.1, 0.15) is 0 Å². The van der Waals surface area contributed by atoms with Gasteiger partial charge in [-0.05, 0) is 61.7 Å². The Balaban J connectivity index is 1.60. The normalized spacial score (nSPS) is 22.2. The molecule has 9 heteroatoms. The number of hydrogen-bond acceptors (Lipinski definition) is 2. The van der Waals surface area contributed by atoms with Gasteiger partial charge in [0.2, 0.25) is 0 Å². The number of amides is 1. The second kappa shape index (κ2) is 9.60. The lowest BCUT2D eigenvalue weighted by Crippen LogP contribution is -2.36. The van der Waals surface area contributed by atoms with E-state index in [1.807, 2.05) is 0 Å². The Labute approximate surface area is 194 Å². The van der Waals surface area contributed by atoms with Crippen molar-refractivity contribution in [2.24, 2.45) is 5.92 Å². The molecule has 2 fully saturated rings. The van der Waals surface area contributed by atoms with Crippen molar-refractivity contribution < 1.29 is 31.1 Å². The van der Waals surface area contributed by atoms with Gasteiger partial charge in [0.25, 0.3) is 5.91 Å². The molecule has 0 aromatic heterocycles. The molecule has 2 aromatic carbocycles. The van der Waals surface area contributed by atoms with Gasteiger partial charge in [0.05, 0.1) is 11.1 Å². The van der Waals surface area contributed by atoms with E-state index >= 15 is 0 Å². The number of carbonyl (C=O) groups is 1. The predicted octanol–water partition coefficient (Wildman–Crippen LogP) is 6.07. The molecule has 3 nitrogen and oxygen atoms in total. The summed E-state index contributed by atoms with van der Waals surface area (Å²) in [5.41, 5.74) is -1.23. The van der Waals surface area contributed by atoms with E-state index in [2.05, 4.69) is 4.90 Å². The number of halogens is 6. The maximum Gasteiger partial charge on any atom is 0.416 e. The minimum atomic E-state index is -4.57. The third-order valence-electron chi connectivity index (χ3n) is 6.75. The number of rotatable bonds is 4. The van der Waals surface area contributed by atoms with Crippen molar-refractivity contribution in [2.75, 3.05) is 32.7 Å². The Kier molecular flexibility index (Phi) is 6.94. The summed E-state index contributed by atoms with van der Waals surface area (Å²) in [5.74, 6) is -0.987. The summed E-state index contributed by atoms with van der Waals surface area (Å²) in [4.78, 5) is 16.9. The topological polar surface area (TPSA) is 23.6 Å². The Bertz CT molecular complexity index is 1010. The molecule has 0 aliphatic carbocycles. The molecule has 184 valence electrons. The first kappa shape index (κ1) is 24.6. The first-order chi connectivity index (χ1) is 16.0. The summed E-state index contributed by atoms with van der Waals surface area (Å²) in [5, 5.41) is 0. The van der Waals surface area contributed by atoms with Crippen LogP contribution in [0.15, 0.2) is 48.5 Å². The van der Waals surface area contributed by atoms with Gasteiger partial charge in [-0.25, -0.2) is 0 Å². The number of piperidine rings is 1. The average Bonchev–Trinajstić information content (AvgIpc) is 3.22. The van der Waals surface area contributed by atoms with Crippen LogP contribution in [0.3, 0.4) is 0 Å². The zero-order valence-corrected chi connectivity index (χ0v) is 18.5. The zero-order valence-electron chi connectivity index (χ0n) is 18.5. The van der Waals surface area contributed by atoms with E-state index in [-0.39, 0.29) is 30.5 Å². The molecule has 2 aliphatic heterocycles. The minimum absolute atomic E-state index is 0.0729. The summed E-state index contributed by atoms with van der Waals surface area (Å²) in [6, 6.07) is 9.44. The fourth-order valence-corrected chi connectivity index (χ4v) is 5.03. The van der Waals surface area contributed by atoms with Gasteiger partial charge in [0.15, 0.2) is 0 Å². The molecule has 0 N–H and O–H groups in total. The van der Waals surface area contributed by atoms with Gasteiger partial charge in [-0.1, -0.05) is 30.7 Å². The van der Waals surface area contributed by atoms with Crippen LogP contribution in [-0.2, 0) is 12.4 Å². The molecule has 0 bridgehead atoms. The lowest BCUT2D eigenvalue weighted by Gasteiger charge is -2.31. The highest BCUT2D eigenvalue weighted by atomic mass is 19.4. The summed E-state index contributed by atoms with van der Waals surface area (Å²) >= 11 is 0. The molecule has 2 atom stereocenters. The van der Waals surface area contributed by atoms with Gasteiger partial charge in [-0.2, -0.15) is 26.3 Å². The third kappa shape index (κ3) is 5.56. The quantitative estimate of drug-likeness (QED) is 0.492. The standard InChI is InChI=1S/C25H26F6N2O/c26-24(27,28)20-8-4-6-17(12-20)22-16-33(15-19(22)14-32-10-2-1-3-11-32)23(34)18-7-5-9-21(13-18)25(29,30)31/h4-9,12-13,19,22H,1-3,10-11,14-16H2/t19-,22+/m1/s1. The molecule has 0 unspecified atom stereocenters. The van der Waals surface area contributed by atoms with E-state index in [1.54, 1.807) is 6.07 Å². The summed E-state index contributed by atoms with van der Waals surface area (Å²) < 4.78 is 79.3. The van der Waals surface area contributed by atoms with Gasteiger partial charge >= 0.3 is 12.4 Å². The van der Waals surface area contributed by atoms with Crippen LogP contribution in [0.25, 0.3) is 0 Å². The average molecular weight is 484 g/mol. The predicted molar refractivity (Wildman–Crippen MR) is 115 cm³/mol. The van der Waals surface area contributed by atoms with Crippen molar-refractivity contribution in [1.82, 2.24) is 9.80 Å². The molecule has 34 heavy (non-hydrogen) atoms. The Morgan fingerprint density at radius 1 is 0.824 bits per heavy atom. The minimum Gasteiger partial charge on any atom is -0.338 e. The second-order valence-electron chi connectivity index (χ2n) is 9.14. The second-order valence-corrected chi connectivity index (χ2v) is 9.14. The van der Waals surface area contributed by atoms with Crippen LogP contribution in [0.1, 0.15) is 52.2 Å². The molecule has 4 rings (SSSR count). The maximum atomic E-state index is 13.3. The van der Waals surface area contributed by atoms with Crippen molar-refractivity contribution in [3.05, 3.63) is 70.8 Å². The molecule has 0 radical (unpaired) electrons. The van der Waals surface area contributed by atoms with Crippen molar-refractivity contribution in [1.29, 1.82) is 0 Å². The van der Waals surface area contributed by atoms with Crippen LogP contribution in [0.2, 0.25) is 0 Å². The van der Waals surface area contributed by atoms with Crippen LogP contribution in [0.4, 0.5) is 26.3 Å². The highest BCUT2D eigenvalue weighted by Crippen LogP contribution is 2.38. The number of hydrogen-bond donors (Lipinski definition) is 0. The first-order valence-electron chi connectivity index (χ1n) is 11.4. The van der Waals surface area contributed by atoms with Crippen LogP contribution in [0.5, 0.6) is 0 Å². The lowest BCUT2D eigenvalue weighted by atomic mass is 9.87.